The van der Waals surface area contributed by atoms with Crippen molar-refractivity contribution in [1.82, 2.24) is 5.32 Å². The Labute approximate surface area is 217 Å². The number of amidine groups is 1. The first-order chi connectivity index (χ1) is 16.5. The highest BCUT2D eigenvalue weighted by molar-refractivity contribution is 7.99. The van der Waals surface area contributed by atoms with E-state index in [0.717, 1.165) is 6.42 Å². The molecule has 1 amide bonds. The van der Waals surface area contributed by atoms with Crippen LogP contribution < -0.4 is 16.9 Å². The molecule has 3 rings (SSSR count). The summed E-state index contributed by atoms with van der Waals surface area (Å²) in [5, 5.41) is 6.40. The highest BCUT2D eigenvalue weighted by Gasteiger charge is 2.19. The van der Waals surface area contributed by atoms with Gasteiger partial charge in [0.15, 0.2) is 0 Å². The van der Waals surface area contributed by atoms with E-state index < -0.39 is 0 Å². The summed E-state index contributed by atoms with van der Waals surface area (Å²) in [6.07, 6.45) is 0.965. The molecule has 35 heavy (non-hydrogen) atoms. The molecule has 2 aromatic carbocycles. The molecule has 0 aliphatic rings. The maximum atomic E-state index is 12.4. The van der Waals surface area contributed by atoms with Crippen LogP contribution in [-0.4, -0.2) is 18.3 Å². The van der Waals surface area contributed by atoms with Crippen molar-refractivity contribution in [3.63, 3.8) is 0 Å². The molecule has 0 saturated heterocycles. The van der Waals surface area contributed by atoms with Crippen LogP contribution in [0, 0.1) is 13.8 Å². The summed E-state index contributed by atoms with van der Waals surface area (Å²) in [5.74, 6) is 5.15. The lowest BCUT2D eigenvalue weighted by molar-refractivity contribution is 0.0963. The van der Waals surface area contributed by atoms with E-state index in [1.165, 1.54) is 48.9 Å². The van der Waals surface area contributed by atoms with Crippen LogP contribution in [0.5, 0.6) is 0 Å². The van der Waals surface area contributed by atoms with Crippen molar-refractivity contribution in [2.45, 2.75) is 63.5 Å². The molecule has 7 heteroatoms. The smallest absolute Gasteiger partial charge is 0.261 e. The number of hydrogen-bond donors (Lipinski definition) is 3. The summed E-state index contributed by atoms with van der Waals surface area (Å²) in [7, 11) is 0. The number of nitrogens with one attached hydrogen (secondary N) is 1. The predicted molar refractivity (Wildman–Crippen MR) is 151 cm³/mol. The monoisotopic (exact) mass is 508 g/mol. The third-order valence-corrected chi connectivity index (χ3v) is 8.69. The van der Waals surface area contributed by atoms with Crippen molar-refractivity contribution in [2.75, 3.05) is 6.54 Å². The van der Waals surface area contributed by atoms with Crippen molar-refractivity contribution in [1.29, 1.82) is 0 Å². The van der Waals surface area contributed by atoms with Crippen LogP contribution in [0.3, 0.4) is 0 Å². The van der Waals surface area contributed by atoms with Gasteiger partial charge in [-0.05, 0) is 77.8 Å². The molecule has 1 atom stereocenters. The highest BCUT2D eigenvalue weighted by atomic mass is 32.2. The second-order valence-electron chi connectivity index (χ2n) is 9.78. The number of thiophene rings is 1. The molecule has 3 aromatic rings. The van der Waals surface area contributed by atoms with E-state index in [0.29, 0.717) is 4.88 Å². The first-order valence-electron chi connectivity index (χ1n) is 11.8. The molecular formula is C28H36N4OS2. The van der Waals surface area contributed by atoms with Gasteiger partial charge in [-0.2, -0.15) is 5.10 Å². The van der Waals surface area contributed by atoms with E-state index in [4.69, 9.17) is 11.6 Å². The van der Waals surface area contributed by atoms with Gasteiger partial charge in [0.2, 0.25) is 0 Å². The number of nitrogens with two attached hydrogens (primary N) is 2. The van der Waals surface area contributed by atoms with Crippen LogP contribution in [0.4, 0.5) is 0 Å². The Morgan fingerprint density at radius 3 is 2.26 bits per heavy atom. The summed E-state index contributed by atoms with van der Waals surface area (Å²) in [6, 6.07) is 17.4. The number of amides is 1. The second-order valence-corrected chi connectivity index (χ2v) is 12.2. The lowest BCUT2D eigenvalue weighted by atomic mass is 9.85. The minimum atomic E-state index is -0.166. The fourth-order valence-electron chi connectivity index (χ4n) is 4.04. The molecule has 0 saturated carbocycles. The number of benzene rings is 2. The SMILES string of the molecule is CCC(Sc1cc(C)c(-c2ccc(C(C)(C)C)cc2)c(C)c1)c1ccc(C(=O)NC/C(N)=N/N)s1. The summed E-state index contributed by atoms with van der Waals surface area (Å²) >= 11 is 3.37. The summed E-state index contributed by atoms with van der Waals surface area (Å²) in [4.78, 5) is 15.5. The minimum absolute atomic E-state index is 0.137. The van der Waals surface area contributed by atoms with Gasteiger partial charge in [0.1, 0.15) is 5.84 Å². The van der Waals surface area contributed by atoms with Gasteiger partial charge in [0.25, 0.3) is 5.91 Å². The predicted octanol–water partition coefficient (Wildman–Crippen LogP) is 6.53. The Hall–Kier alpha value is -2.77. The van der Waals surface area contributed by atoms with Crippen molar-refractivity contribution in [2.24, 2.45) is 16.7 Å². The van der Waals surface area contributed by atoms with Crippen LogP contribution in [0.1, 0.15) is 70.6 Å². The molecular weight excluding hydrogens is 472 g/mol. The maximum absolute atomic E-state index is 12.4. The van der Waals surface area contributed by atoms with Crippen molar-refractivity contribution in [3.05, 3.63) is 75.0 Å². The van der Waals surface area contributed by atoms with Gasteiger partial charge in [-0.3, -0.25) is 4.79 Å². The first-order valence-corrected chi connectivity index (χ1v) is 13.5. The van der Waals surface area contributed by atoms with E-state index >= 15 is 0 Å². The number of aryl methyl sites for hydroxylation is 2. The van der Waals surface area contributed by atoms with Gasteiger partial charge in [0.05, 0.1) is 11.4 Å². The number of hydrogen-bond acceptors (Lipinski definition) is 5. The Bertz CT molecular complexity index is 1180. The normalized spacial score (nSPS) is 13.0. The molecule has 0 bridgehead atoms. The summed E-state index contributed by atoms with van der Waals surface area (Å²) in [5.41, 5.74) is 12.2. The fraction of sp³-hybridized carbons (Fsp3) is 0.357. The quantitative estimate of drug-likeness (QED) is 0.106. The average Bonchev–Trinajstić information content (AvgIpc) is 3.30. The van der Waals surface area contributed by atoms with Crippen molar-refractivity contribution < 1.29 is 4.79 Å². The molecule has 1 aromatic heterocycles. The van der Waals surface area contributed by atoms with E-state index in [1.807, 2.05) is 23.9 Å². The van der Waals surface area contributed by atoms with Crippen LogP contribution >= 0.6 is 23.1 Å². The molecule has 1 unspecified atom stereocenters. The second kappa shape index (κ2) is 11.3. The molecule has 186 valence electrons. The van der Waals surface area contributed by atoms with Crippen LogP contribution in [0.2, 0.25) is 0 Å². The largest absolute Gasteiger partial charge is 0.384 e. The van der Waals surface area contributed by atoms with Crippen LogP contribution in [-0.2, 0) is 5.41 Å². The van der Waals surface area contributed by atoms with Crippen LogP contribution in [0.25, 0.3) is 11.1 Å². The molecule has 0 aliphatic carbocycles. The van der Waals surface area contributed by atoms with Gasteiger partial charge in [-0.25, -0.2) is 0 Å². The number of nitrogens with zero attached hydrogens (tertiary/aromatic N) is 1. The number of hydrazone groups is 1. The molecule has 1 heterocycles. The minimum Gasteiger partial charge on any atom is -0.384 e. The number of rotatable bonds is 8. The number of carbonyl (C=O) groups excluding carboxylic acids is 1. The standard InChI is InChI=1S/C28H36N4OS2/c1-7-22(23-12-13-24(35-23)27(33)31-16-25(29)32-30)34-21-14-17(2)26(18(3)15-21)19-8-10-20(11-9-19)28(4,5)6/h8-15,22H,7,16,30H2,1-6H3,(H2,29,32)(H,31,33). The third kappa shape index (κ3) is 6.67. The lowest BCUT2D eigenvalue weighted by Gasteiger charge is -2.20. The first kappa shape index (κ1) is 26.8. The topological polar surface area (TPSA) is 93.5 Å². The number of thioether (sulfide) groups is 1. The molecule has 5 nitrogen and oxygen atoms in total. The molecule has 0 fully saturated rings. The Kier molecular flexibility index (Phi) is 8.67. The van der Waals surface area contributed by atoms with Gasteiger partial charge < -0.3 is 16.9 Å². The summed E-state index contributed by atoms with van der Waals surface area (Å²) in [6.45, 7) is 13.4. The van der Waals surface area contributed by atoms with E-state index in [2.05, 4.69) is 88.4 Å². The molecule has 0 aliphatic heterocycles. The van der Waals surface area contributed by atoms with Gasteiger partial charge in [-0.1, -0.05) is 52.0 Å². The third-order valence-electron chi connectivity index (χ3n) is 5.96. The number of carbonyl (C=O) groups is 1. The molecule has 0 radical (unpaired) electrons. The van der Waals surface area contributed by atoms with Gasteiger partial charge >= 0.3 is 0 Å². The van der Waals surface area contributed by atoms with E-state index in [9.17, 15) is 4.79 Å². The maximum Gasteiger partial charge on any atom is 0.261 e. The Morgan fingerprint density at radius 1 is 1.09 bits per heavy atom. The van der Waals surface area contributed by atoms with E-state index in [-0.39, 0.29) is 29.0 Å². The zero-order valence-electron chi connectivity index (χ0n) is 21.4. The zero-order valence-corrected chi connectivity index (χ0v) is 23.1. The van der Waals surface area contributed by atoms with Crippen molar-refractivity contribution >= 4 is 34.8 Å². The fourth-order valence-corrected chi connectivity index (χ4v) is 6.50. The molecule has 0 spiro atoms. The molecule has 5 N–H and O–H groups in total. The van der Waals surface area contributed by atoms with E-state index in [1.54, 1.807) is 0 Å². The van der Waals surface area contributed by atoms with Crippen molar-refractivity contribution in [3.8, 4) is 11.1 Å². The zero-order chi connectivity index (χ0) is 25.8. The van der Waals surface area contributed by atoms with Gasteiger partial charge in [-0.15, -0.1) is 23.1 Å². The Balaban J connectivity index is 1.77. The summed E-state index contributed by atoms with van der Waals surface area (Å²) < 4.78 is 0. The highest BCUT2D eigenvalue weighted by Crippen LogP contribution is 2.42. The lowest BCUT2D eigenvalue weighted by Crippen LogP contribution is -2.33. The Morgan fingerprint density at radius 2 is 1.71 bits per heavy atom. The average molecular weight is 509 g/mol. The van der Waals surface area contributed by atoms with Crippen LogP contribution in [0.15, 0.2) is 58.5 Å². The van der Waals surface area contributed by atoms with Gasteiger partial charge in [0, 0.05) is 15.0 Å².